The number of aliphatic imine (C=N–C) groups is 1. The largest absolute Gasteiger partial charge is 0.486 e. The van der Waals surface area contributed by atoms with E-state index < -0.39 is 0 Å². The van der Waals surface area contributed by atoms with E-state index in [1.165, 1.54) is 17.3 Å². The van der Waals surface area contributed by atoms with Crippen molar-refractivity contribution in [2.75, 3.05) is 0 Å². The van der Waals surface area contributed by atoms with Crippen molar-refractivity contribution in [1.29, 1.82) is 0 Å². The minimum absolute atomic E-state index is 0.209. The third-order valence-corrected chi connectivity index (χ3v) is 7.30. The van der Waals surface area contributed by atoms with Gasteiger partial charge in [0.15, 0.2) is 10.9 Å². The molecule has 1 fully saturated rings. The minimum atomic E-state index is -0.209. The van der Waals surface area contributed by atoms with Crippen molar-refractivity contribution in [1.82, 2.24) is 5.32 Å². The van der Waals surface area contributed by atoms with Crippen LogP contribution in [0.1, 0.15) is 23.6 Å². The minimum Gasteiger partial charge on any atom is -0.486 e. The van der Waals surface area contributed by atoms with Gasteiger partial charge in [0.2, 0.25) is 0 Å². The average Bonchev–Trinajstić information content (AvgIpc) is 3.13. The summed E-state index contributed by atoms with van der Waals surface area (Å²) in [6, 6.07) is 16.7. The number of aryl methyl sites for hydroxylation is 1. The number of carbonyl (C=O) groups excluding carboxylic acids is 1. The molecule has 0 unspecified atom stereocenters. The molecule has 1 saturated heterocycles. The van der Waals surface area contributed by atoms with Crippen molar-refractivity contribution in [3.05, 3.63) is 95.7 Å². The zero-order chi connectivity index (χ0) is 24.2. The Balaban J connectivity index is 1.49. The lowest BCUT2D eigenvalue weighted by atomic mass is 10.2. The van der Waals surface area contributed by atoms with Gasteiger partial charge in [-0.25, -0.2) is 4.99 Å². The summed E-state index contributed by atoms with van der Waals surface area (Å²) in [5.74, 6) is 0.273. The molecule has 0 radical (unpaired) electrons. The van der Waals surface area contributed by atoms with E-state index in [4.69, 9.17) is 39.5 Å². The van der Waals surface area contributed by atoms with Crippen molar-refractivity contribution >= 4 is 85.3 Å². The van der Waals surface area contributed by atoms with Crippen molar-refractivity contribution in [3.63, 3.8) is 0 Å². The number of nitrogens with one attached hydrogen (secondary N) is 1. The van der Waals surface area contributed by atoms with Crippen molar-refractivity contribution in [3.8, 4) is 5.75 Å². The smallest absolute Gasteiger partial charge is 0.264 e. The van der Waals surface area contributed by atoms with E-state index in [0.29, 0.717) is 35.4 Å². The van der Waals surface area contributed by atoms with Crippen LogP contribution in [0.2, 0.25) is 15.1 Å². The summed E-state index contributed by atoms with van der Waals surface area (Å²) >= 11 is 23.4. The lowest BCUT2D eigenvalue weighted by molar-refractivity contribution is -0.115. The summed E-state index contributed by atoms with van der Waals surface area (Å²) in [6.07, 6.45) is 2.73. The zero-order valence-corrected chi connectivity index (χ0v) is 22.5. The number of carbonyl (C=O) groups is 1. The highest BCUT2D eigenvalue weighted by Gasteiger charge is 2.24. The molecule has 1 amide bonds. The molecule has 3 aromatic rings. The van der Waals surface area contributed by atoms with E-state index in [1.54, 1.807) is 30.3 Å². The lowest BCUT2D eigenvalue weighted by Gasteiger charge is -2.12. The quantitative estimate of drug-likeness (QED) is 0.291. The number of amides is 1. The molecule has 3 aromatic carbocycles. The maximum atomic E-state index is 12.5. The summed E-state index contributed by atoms with van der Waals surface area (Å²) < 4.78 is 6.55. The van der Waals surface area contributed by atoms with Gasteiger partial charge in [0, 0.05) is 15.6 Å². The predicted octanol–water partition coefficient (Wildman–Crippen LogP) is 8.44. The van der Waals surface area contributed by atoms with Gasteiger partial charge in [-0.2, -0.15) is 0 Å². The molecule has 4 nitrogen and oxygen atoms in total. The van der Waals surface area contributed by atoms with Crippen LogP contribution in [-0.2, 0) is 17.8 Å². The summed E-state index contributed by atoms with van der Waals surface area (Å²) in [5, 5.41) is 4.81. The molecule has 0 bridgehead atoms. The molecule has 0 atom stereocenters. The molecule has 9 heteroatoms. The van der Waals surface area contributed by atoms with Crippen LogP contribution in [0, 0.1) is 0 Å². The monoisotopic (exact) mass is 594 g/mol. The molecule has 1 heterocycles. The van der Waals surface area contributed by atoms with Gasteiger partial charge in [-0.15, -0.1) is 0 Å². The third-order valence-electron chi connectivity index (χ3n) is 4.93. The number of halogens is 4. The maximum Gasteiger partial charge on any atom is 0.264 e. The number of rotatable bonds is 6. The van der Waals surface area contributed by atoms with E-state index >= 15 is 0 Å². The average molecular weight is 597 g/mol. The van der Waals surface area contributed by atoms with Gasteiger partial charge in [-0.3, -0.25) is 4.79 Å². The second-order valence-electron chi connectivity index (χ2n) is 7.34. The SMILES string of the molecule is CCc1ccc(N=C2NC(=O)/C(=C/c3cc(Cl)c(OCc4ccc(Cl)cc4Cl)c(Br)c3)S2)cc1. The normalized spacial score (nSPS) is 15.7. The molecule has 0 aromatic heterocycles. The Morgan fingerprint density at radius 1 is 1.06 bits per heavy atom. The van der Waals surface area contributed by atoms with Gasteiger partial charge in [-0.1, -0.05) is 59.9 Å². The second kappa shape index (κ2) is 11.2. The van der Waals surface area contributed by atoms with E-state index in [0.717, 1.165) is 23.2 Å². The fourth-order valence-corrected chi connectivity index (χ4v) is 5.44. The topological polar surface area (TPSA) is 50.7 Å². The lowest BCUT2D eigenvalue weighted by Crippen LogP contribution is -2.19. The first-order valence-electron chi connectivity index (χ1n) is 10.3. The summed E-state index contributed by atoms with van der Waals surface area (Å²) in [7, 11) is 0. The Labute approximate surface area is 225 Å². The van der Waals surface area contributed by atoms with E-state index in [9.17, 15) is 4.79 Å². The number of ether oxygens (including phenoxy) is 1. The first-order chi connectivity index (χ1) is 16.3. The summed E-state index contributed by atoms with van der Waals surface area (Å²) in [4.78, 5) is 17.5. The van der Waals surface area contributed by atoms with E-state index in [2.05, 4.69) is 33.2 Å². The third kappa shape index (κ3) is 6.18. The fraction of sp³-hybridized carbons (Fsp3) is 0.120. The van der Waals surface area contributed by atoms with Crippen molar-refractivity contribution in [2.24, 2.45) is 4.99 Å². The number of benzene rings is 3. The molecule has 1 aliphatic rings. The first kappa shape index (κ1) is 25.1. The molecular weight excluding hydrogens is 579 g/mol. The van der Waals surface area contributed by atoms with Gasteiger partial charge < -0.3 is 10.1 Å². The van der Waals surface area contributed by atoms with Crippen LogP contribution < -0.4 is 10.1 Å². The summed E-state index contributed by atoms with van der Waals surface area (Å²) in [5.41, 5.74) is 3.56. The molecule has 0 aliphatic carbocycles. The second-order valence-corrected chi connectivity index (χ2v) is 10.5. The predicted molar refractivity (Wildman–Crippen MR) is 147 cm³/mol. The Hall–Kier alpha value is -1.96. The molecule has 174 valence electrons. The van der Waals surface area contributed by atoms with Gasteiger partial charge >= 0.3 is 0 Å². The maximum absolute atomic E-state index is 12.5. The van der Waals surface area contributed by atoms with Gasteiger partial charge in [0.1, 0.15) is 6.61 Å². The molecule has 0 saturated carbocycles. The van der Waals surface area contributed by atoms with Gasteiger partial charge in [-0.05, 0) is 87.7 Å². The van der Waals surface area contributed by atoms with Crippen LogP contribution in [0.15, 0.2) is 69.0 Å². The Morgan fingerprint density at radius 3 is 2.50 bits per heavy atom. The number of hydrogen-bond acceptors (Lipinski definition) is 4. The van der Waals surface area contributed by atoms with Crippen molar-refractivity contribution < 1.29 is 9.53 Å². The number of nitrogens with zero attached hydrogens (tertiary/aromatic N) is 1. The van der Waals surface area contributed by atoms with Gasteiger partial charge in [0.25, 0.3) is 5.91 Å². The zero-order valence-electron chi connectivity index (χ0n) is 17.9. The van der Waals surface area contributed by atoms with Crippen LogP contribution in [0.4, 0.5) is 5.69 Å². The molecular formula is C25H18BrCl3N2O2S. The summed E-state index contributed by atoms with van der Waals surface area (Å²) in [6.45, 7) is 2.33. The van der Waals surface area contributed by atoms with Gasteiger partial charge in [0.05, 0.1) is 20.1 Å². The van der Waals surface area contributed by atoms with Crippen LogP contribution in [0.25, 0.3) is 6.08 Å². The Morgan fingerprint density at radius 2 is 1.82 bits per heavy atom. The van der Waals surface area contributed by atoms with Crippen LogP contribution in [0.3, 0.4) is 0 Å². The van der Waals surface area contributed by atoms with E-state index in [1.807, 2.05) is 30.3 Å². The highest BCUT2D eigenvalue weighted by atomic mass is 79.9. The highest BCUT2D eigenvalue weighted by molar-refractivity contribution is 9.10. The number of hydrogen-bond donors (Lipinski definition) is 1. The standard InChI is InChI=1S/C25H18BrCl3N2O2S/c1-2-14-3-7-18(8-4-14)30-25-31-24(32)22(34-25)11-15-9-19(26)23(21(29)10-15)33-13-16-5-6-17(27)12-20(16)28/h3-12H,2,13H2,1H3,(H,30,31,32)/b22-11-. The number of thioether (sulfide) groups is 1. The first-order valence-corrected chi connectivity index (χ1v) is 13.0. The van der Waals surface area contributed by atoms with Crippen LogP contribution in [0.5, 0.6) is 5.75 Å². The van der Waals surface area contributed by atoms with Crippen molar-refractivity contribution in [2.45, 2.75) is 20.0 Å². The Bertz CT molecular complexity index is 1290. The number of amidine groups is 1. The highest BCUT2D eigenvalue weighted by Crippen LogP contribution is 2.37. The molecule has 4 rings (SSSR count). The van der Waals surface area contributed by atoms with Crippen LogP contribution >= 0.6 is 62.5 Å². The van der Waals surface area contributed by atoms with E-state index in [-0.39, 0.29) is 12.5 Å². The molecule has 1 aliphatic heterocycles. The molecule has 1 N–H and O–H groups in total. The molecule has 0 spiro atoms. The fourth-order valence-electron chi connectivity index (χ4n) is 3.14. The Kier molecular flexibility index (Phi) is 8.27. The van der Waals surface area contributed by atoms with Crippen LogP contribution in [-0.4, -0.2) is 11.1 Å². The molecule has 34 heavy (non-hydrogen) atoms.